The average Bonchev–Trinajstić information content (AvgIpc) is 3.26. The fourth-order valence-electron chi connectivity index (χ4n) is 4.23. The van der Waals surface area contributed by atoms with Gasteiger partial charge < -0.3 is 4.90 Å². The van der Waals surface area contributed by atoms with E-state index in [1.165, 1.54) is 21.3 Å². The van der Waals surface area contributed by atoms with Crippen LogP contribution < -0.4 is 4.90 Å². The number of hydrogen-bond acceptors (Lipinski definition) is 6. The van der Waals surface area contributed by atoms with Crippen LogP contribution in [-0.2, 0) is 6.54 Å². The zero-order chi connectivity index (χ0) is 20.0. The lowest BCUT2D eigenvalue weighted by Crippen LogP contribution is -2.54. The molecule has 2 aliphatic rings. The molecule has 0 atom stereocenters. The molecule has 0 radical (unpaired) electrons. The van der Waals surface area contributed by atoms with Gasteiger partial charge in [0, 0.05) is 36.5 Å². The summed E-state index contributed by atoms with van der Waals surface area (Å²) in [6, 6.07) is 8.57. The maximum absolute atomic E-state index is 12.8. The summed E-state index contributed by atoms with van der Waals surface area (Å²) in [6.07, 6.45) is 1.86. The van der Waals surface area contributed by atoms with Gasteiger partial charge in [-0.05, 0) is 43.0 Å². The number of rotatable bonds is 5. The molecule has 29 heavy (non-hydrogen) atoms. The van der Waals surface area contributed by atoms with Crippen LogP contribution in [0.1, 0.15) is 12.0 Å². The molecule has 2 aromatic heterocycles. The summed E-state index contributed by atoms with van der Waals surface area (Å²) in [6.45, 7) is 5.56. The maximum Gasteiger partial charge on any atom is 0.258 e. The van der Waals surface area contributed by atoms with E-state index >= 15 is 0 Å². The summed E-state index contributed by atoms with van der Waals surface area (Å²) in [5.41, 5.74) is 2.52. The van der Waals surface area contributed by atoms with Crippen LogP contribution in [0.25, 0.3) is 11.2 Å². The summed E-state index contributed by atoms with van der Waals surface area (Å²) in [7, 11) is 0. The number of hydrogen-bond donors (Lipinski definition) is 0. The fraction of sp³-hybridized carbons (Fsp3) is 0.450. The van der Waals surface area contributed by atoms with Crippen LogP contribution in [0, 0.1) is 12.3 Å². The predicted molar refractivity (Wildman–Crippen MR) is 109 cm³/mol. The lowest BCUT2D eigenvalue weighted by atomic mass is 9.81. The lowest BCUT2D eigenvalue weighted by Gasteiger charge is -2.47. The molecule has 0 bridgehead atoms. The molecule has 2 fully saturated rings. The molecule has 152 valence electrons. The summed E-state index contributed by atoms with van der Waals surface area (Å²) >= 11 is 1.82. The predicted octanol–water partition coefficient (Wildman–Crippen LogP) is 3.62. The average molecular weight is 417 g/mol. The highest BCUT2D eigenvalue weighted by Gasteiger charge is 2.48. The number of anilines is 1. The molecule has 0 aliphatic carbocycles. The second-order valence-corrected chi connectivity index (χ2v) is 9.20. The highest BCUT2D eigenvalue weighted by molar-refractivity contribution is 7.97. The van der Waals surface area contributed by atoms with Crippen LogP contribution >= 0.6 is 11.9 Å². The number of aromatic nitrogens is 4. The Labute approximate surface area is 172 Å². The van der Waals surface area contributed by atoms with Gasteiger partial charge in [0.2, 0.25) is 0 Å². The van der Waals surface area contributed by atoms with E-state index in [1.54, 1.807) is 6.20 Å². The highest BCUT2D eigenvalue weighted by Crippen LogP contribution is 2.45. The van der Waals surface area contributed by atoms with Gasteiger partial charge in [-0.15, -0.1) is 0 Å². The summed E-state index contributed by atoms with van der Waals surface area (Å²) in [5, 5.41) is 4.00. The van der Waals surface area contributed by atoms with Crippen LogP contribution in [0.15, 0.2) is 41.6 Å². The SMILES string of the molecule is Cc1cccc(SN2CC3(CCN(c4cnc5cnn(CC(F)F)c5n4)C3)C2)c1. The van der Waals surface area contributed by atoms with Gasteiger partial charge in [-0.2, -0.15) is 5.10 Å². The number of benzene rings is 1. The lowest BCUT2D eigenvalue weighted by molar-refractivity contribution is 0.105. The van der Waals surface area contributed by atoms with E-state index in [0.717, 1.165) is 38.4 Å². The monoisotopic (exact) mass is 416 g/mol. The first-order valence-electron chi connectivity index (χ1n) is 9.71. The molecule has 5 rings (SSSR count). The van der Waals surface area contributed by atoms with Gasteiger partial charge in [-0.1, -0.05) is 12.1 Å². The van der Waals surface area contributed by atoms with Crippen LogP contribution in [-0.4, -0.2) is 56.7 Å². The molecule has 6 nitrogen and oxygen atoms in total. The second kappa shape index (κ2) is 7.21. The molecule has 1 aromatic carbocycles. The van der Waals surface area contributed by atoms with E-state index in [2.05, 4.69) is 55.5 Å². The molecule has 0 unspecified atom stereocenters. The maximum atomic E-state index is 12.8. The molecular formula is C20H22F2N6S. The first kappa shape index (κ1) is 18.7. The van der Waals surface area contributed by atoms with Crippen molar-refractivity contribution < 1.29 is 8.78 Å². The Hall–Kier alpha value is -2.26. The Morgan fingerprint density at radius 1 is 1.21 bits per heavy atom. The Morgan fingerprint density at radius 2 is 2.07 bits per heavy atom. The number of halogens is 2. The topological polar surface area (TPSA) is 50.1 Å². The third-order valence-corrected chi connectivity index (χ3v) is 6.63. The van der Waals surface area contributed by atoms with E-state index < -0.39 is 13.0 Å². The van der Waals surface area contributed by atoms with Gasteiger partial charge in [-0.25, -0.2) is 27.7 Å². The van der Waals surface area contributed by atoms with E-state index in [1.807, 2.05) is 11.9 Å². The third-order valence-electron chi connectivity index (χ3n) is 5.65. The van der Waals surface area contributed by atoms with E-state index in [9.17, 15) is 8.78 Å². The van der Waals surface area contributed by atoms with Crippen molar-refractivity contribution in [3.8, 4) is 0 Å². The molecule has 0 saturated carbocycles. The first-order chi connectivity index (χ1) is 14.0. The molecule has 0 N–H and O–H groups in total. The molecule has 2 saturated heterocycles. The Kier molecular flexibility index (Phi) is 4.66. The molecule has 9 heteroatoms. The van der Waals surface area contributed by atoms with Gasteiger partial charge in [0.1, 0.15) is 17.9 Å². The van der Waals surface area contributed by atoms with Crippen molar-refractivity contribution in [3.05, 3.63) is 42.2 Å². The van der Waals surface area contributed by atoms with Crippen LogP contribution in [0.3, 0.4) is 0 Å². The van der Waals surface area contributed by atoms with Gasteiger partial charge in [0.25, 0.3) is 6.43 Å². The fourth-order valence-corrected chi connectivity index (χ4v) is 5.59. The van der Waals surface area contributed by atoms with Crippen LogP contribution in [0.2, 0.25) is 0 Å². The van der Waals surface area contributed by atoms with Gasteiger partial charge in [0.15, 0.2) is 5.65 Å². The van der Waals surface area contributed by atoms with Gasteiger partial charge in [0.05, 0.1) is 12.4 Å². The number of fused-ring (bicyclic) bond motifs is 1. The van der Waals surface area contributed by atoms with Crippen molar-refractivity contribution >= 4 is 28.9 Å². The molecule has 1 spiro atoms. The van der Waals surface area contributed by atoms with Crippen molar-refractivity contribution in [2.75, 3.05) is 31.1 Å². The molecule has 2 aliphatic heterocycles. The number of nitrogens with zero attached hydrogens (tertiary/aromatic N) is 6. The minimum absolute atomic E-state index is 0.274. The number of aryl methyl sites for hydroxylation is 1. The molecule has 0 amide bonds. The smallest absolute Gasteiger partial charge is 0.258 e. The van der Waals surface area contributed by atoms with Crippen molar-refractivity contribution in [1.82, 2.24) is 24.1 Å². The summed E-state index contributed by atoms with van der Waals surface area (Å²) in [5.74, 6) is 0.746. The minimum atomic E-state index is -2.47. The largest absolute Gasteiger partial charge is 0.355 e. The second-order valence-electron chi connectivity index (χ2n) is 8.03. The van der Waals surface area contributed by atoms with Crippen molar-refractivity contribution in [3.63, 3.8) is 0 Å². The van der Waals surface area contributed by atoms with Crippen molar-refractivity contribution in [2.45, 2.75) is 31.2 Å². The van der Waals surface area contributed by atoms with E-state index in [4.69, 9.17) is 0 Å². The highest BCUT2D eigenvalue weighted by atomic mass is 32.2. The third kappa shape index (κ3) is 3.69. The number of alkyl halides is 2. The van der Waals surface area contributed by atoms with Crippen molar-refractivity contribution in [2.24, 2.45) is 5.41 Å². The normalized spacial score (nSPS) is 18.8. The minimum Gasteiger partial charge on any atom is -0.355 e. The van der Waals surface area contributed by atoms with Gasteiger partial charge >= 0.3 is 0 Å². The molecule has 4 heterocycles. The Morgan fingerprint density at radius 3 is 2.86 bits per heavy atom. The summed E-state index contributed by atoms with van der Waals surface area (Å²) in [4.78, 5) is 12.5. The van der Waals surface area contributed by atoms with Crippen LogP contribution in [0.4, 0.5) is 14.6 Å². The van der Waals surface area contributed by atoms with Gasteiger partial charge in [-0.3, -0.25) is 0 Å². The molecule has 3 aromatic rings. The Bertz CT molecular complexity index is 1030. The zero-order valence-electron chi connectivity index (χ0n) is 16.1. The molecular weight excluding hydrogens is 394 g/mol. The van der Waals surface area contributed by atoms with Crippen molar-refractivity contribution in [1.29, 1.82) is 0 Å². The first-order valence-corrected chi connectivity index (χ1v) is 10.5. The van der Waals surface area contributed by atoms with E-state index in [-0.39, 0.29) is 5.41 Å². The standard InChI is InChI=1S/C20H22F2N6S/c1-14-3-2-4-15(7-14)29-27-12-20(13-27)5-6-26(11-20)18-9-23-16-8-24-28(10-17(21)22)19(16)25-18/h2-4,7-9,17H,5-6,10-13H2,1H3. The Balaban J connectivity index is 1.25. The summed E-state index contributed by atoms with van der Waals surface area (Å²) < 4.78 is 29.2. The van der Waals surface area contributed by atoms with E-state index in [0.29, 0.717) is 11.2 Å². The quantitative estimate of drug-likeness (QED) is 0.592. The zero-order valence-corrected chi connectivity index (χ0v) is 16.9. The van der Waals surface area contributed by atoms with Crippen LogP contribution in [0.5, 0.6) is 0 Å².